The van der Waals surface area contributed by atoms with Gasteiger partial charge >= 0.3 is 0 Å². The Labute approximate surface area is 217 Å². The normalized spacial score (nSPS) is 11.3. The summed E-state index contributed by atoms with van der Waals surface area (Å²) < 4.78 is 0.870. The van der Waals surface area contributed by atoms with Gasteiger partial charge in [0.1, 0.15) is 15.9 Å². The van der Waals surface area contributed by atoms with Crippen LogP contribution in [0.5, 0.6) is 0 Å². The standard InChI is InChI=1S/C26H23Cl2N5OS/c1-4-32(5-2)17-7-9-18(10-8-17)33-30-21-12-15(3)20(14-22(21)31-33)29-26(34)25-24(28)19-11-6-16(27)13-23(19)35-25/h6-14H,4-5H2,1-3H3,(H,29,34). The Hall–Kier alpha value is -3.13. The van der Waals surface area contributed by atoms with Crippen molar-refractivity contribution in [2.75, 3.05) is 23.3 Å². The molecule has 0 aliphatic heterocycles. The Morgan fingerprint density at radius 2 is 1.69 bits per heavy atom. The average molecular weight is 524 g/mol. The molecule has 0 atom stereocenters. The van der Waals surface area contributed by atoms with Crippen molar-refractivity contribution in [3.63, 3.8) is 0 Å². The first kappa shape index (κ1) is 23.6. The van der Waals surface area contributed by atoms with Crippen molar-refractivity contribution < 1.29 is 4.79 Å². The molecule has 1 N–H and O–H groups in total. The van der Waals surface area contributed by atoms with E-state index in [1.54, 1.807) is 10.9 Å². The number of fused-ring (bicyclic) bond motifs is 2. The van der Waals surface area contributed by atoms with E-state index in [0.29, 0.717) is 26.1 Å². The highest BCUT2D eigenvalue weighted by atomic mass is 35.5. The number of nitrogens with one attached hydrogen (secondary N) is 1. The molecular weight excluding hydrogens is 501 g/mol. The second kappa shape index (κ2) is 9.49. The molecule has 178 valence electrons. The molecule has 9 heteroatoms. The highest BCUT2D eigenvalue weighted by Crippen LogP contribution is 2.37. The number of benzene rings is 3. The van der Waals surface area contributed by atoms with Crippen molar-refractivity contribution in [2.45, 2.75) is 20.8 Å². The average Bonchev–Trinajstić information content (AvgIpc) is 3.40. The third kappa shape index (κ3) is 4.47. The Morgan fingerprint density at radius 3 is 2.37 bits per heavy atom. The van der Waals surface area contributed by atoms with E-state index in [1.165, 1.54) is 17.0 Å². The van der Waals surface area contributed by atoms with E-state index in [0.717, 1.165) is 39.9 Å². The van der Waals surface area contributed by atoms with Crippen LogP contribution in [0.25, 0.3) is 26.8 Å². The lowest BCUT2D eigenvalue weighted by Crippen LogP contribution is -2.21. The molecule has 0 radical (unpaired) electrons. The van der Waals surface area contributed by atoms with E-state index in [9.17, 15) is 4.79 Å². The van der Waals surface area contributed by atoms with Gasteiger partial charge in [-0.2, -0.15) is 4.80 Å². The fourth-order valence-electron chi connectivity index (χ4n) is 4.07. The molecule has 6 nitrogen and oxygen atoms in total. The van der Waals surface area contributed by atoms with Gasteiger partial charge in [0.25, 0.3) is 5.91 Å². The van der Waals surface area contributed by atoms with Crippen molar-refractivity contribution in [2.24, 2.45) is 0 Å². The third-order valence-electron chi connectivity index (χ3n) is 5.98. The van der Waals surface area contributed by atoms with Crippen LogP contribution >= 0.6 is 34.5 Å². The van der Waals surface area contributed by atoms with E-state index >= 15 is 0 Å². The summed E-state index contributed by atoms with van der Waals surface area (Å²) >= 11 is 13.9. The first-order valence-corrected chi connectivity index (χ1v) is 12.9. The molecule has 0 spiro atoms. The number of aromatic nitrogens is 3. The lowest BCUT2D eigenvalue weighted by Gasteiger charge is -2.20. The lowest BCUT2D eigenvalue weighted by molar-refractivity contribution is 0.103. The zero-order valence-corrected chi connectivity index (χ0v) is 21.8. The number of rotatable bonds is 6. The van der Waals surface area contributed by atoms with Gasteiger partial charge in [-0.15, -0.1) is 21.5 Å². The van der Waals surface area contributed by atoms with Crippen LogP contribution in [-0.4, -0.2) is 34.0 Å². The van der Waals surface area contributed by atoms with Crippen molar-refractivity contribution >= 4 is 72.9 Å². The van der Waals surface area contributed by atoms with Gasteiger partial charge in [0.2, 0.25) is 0 Å². The van der Waals surface area contributed by atoms with Gasteiger partial charge < -0.3 is 10.2 Å². The van der Waals surface area contributed by atoms with Gasteiger partial charge in [0.05, 0.1) is 10.7 Å². The van der Waals surface area contributed by atoms with Crippen LogP contribution in [0.2, 0.25) is 10.0 Å². The van der Waals surface area contributed by atoms with Crippen LogP contribution in [-0.2, 0) is 0 Å². The summed E-state index contributed by atoms with van der Waals surface area (Å²) in [6.45, 7) is 8.12. The Morgan fingerprint density at radius 1 is 1.00 bits per heavy atom. The molecule has 5 rings (SSSR count). The van der Waals surface area contributed by atoms with E-state index in [4.69, 9.17) is 23.2 Å². The van der Waals surface area contributed by atoms with Crippen LogP contribution in [0, 0.1) is 6.92 Å². The number of anilines is 2. The van der Waals surface area contributed by atoms with Crippen LogP contribution in [0.3, 0.4) is 0 Å². The number of hydrogen-bond acceptors (Lipinski definition) is 5. The molecule has 0 aliphatic carbocycles. The zero-order chi connectivity index (χ0) is 24.7. The summed E-state index contributed by atoms with van der Waals surface area (Å²) in [4.78, 5) is 17.4. The highest BCUT2D eigenvalue weighted by molar-refractivity contribution is 7.21. The number of amides is 1. The van der Waals surface area contributed by atoms with E-state index < -0.39 is 0 Å². The van der Waals surface area contributed by atoms with Gasteiger partial charge in [0.15, 0.2) is 0 Å². The largest absolute Gasteiger partial charge is 0.372 e. The summed E-state index contributed by atoms with van der Waals surface area (Å²) in [7, 11) is 0. The molecule has 0 saturated carbocycles. The number of carbonyl (C=O) groups excluding carboxylic acids is 1. The zero-order valence-electron chi connectivity index (χ0n) is 19.5. The minimum atomic E-state index is -0.269. The predicted octanol–water partition coefficient (Wildman–Crippen LogP) is 7.35. The van der Waals surface area contributed by atoms with Crippen LogP contribution in [0.15, 0.2) is 54.6 Å². The molecule has 0 saturated heterocycles. The molecule has 2 heterocycles. The van der Waals surface area contributed by atoms with E-state index in [-0.39, 0.29) is 5.91 Å². The molecule has 0 fully saturated rings. The number of carbonyl (C=O) groups is 1. The Kier molecular flexibility index (Phi) is 6.40. The second-order valence-electron chi connectivity index (χ2n) is 8.17. The summed E-state index contributed by atoms with van der Waals surface area (Å²) in [5.41, 5.74) is 5.03. The van der Waals surface area contributed by atoms with Crippen molar-refractivity contribution in [3.8, 4) is 5.69 Å². The molecule has 1 amide bonds. The maximum atomic E-state index is 13.1. The van der Waals surface area contributed by atoms with Crippen molar-refractivity contribution in [3.05, 3.63) is 75.1 Å². The van der Waals surface area contributed by atoms with Crippen LogP contribution in [0.1, 0.15) is 29.1 Å². The number of aryl methyl sites for hydroxylation is 1. The van der Waals surface area contributed by atoms with Crippen LogP contribution in [0.4, 0.5) is 11.4 Å². The smallest absolute Gasteiger partial charge is 0.267 e. The molecule has 0 bridgehead atoms. The molecule has 2 aromatic heterocycles. The number of hydrogen-bond donors (Lipinski definition) is 1. The van der Waals surface area contributed by atoms with Gasteiger partial charge in [0, 0.05) is 39.6 Å². The Bertz CT molecular complexity index is 1550. The van der Waals surface area contributed by atoms with E-state index in [2.05, 4.69) is 46.4 Å². The maximum absolute atomic E-state index is 13.1. The molecule has 35 heavy (non-hydrogen) atoms. The minimum absolute atomic E-state index is 0.269. The lowest BCUT2D eigenvalue weighted by atomic mass is 10.1. The molecule has 0 aliphatic rings. The second-order valence-corrected chi connectivity index (χ2v) is 10.0. The Balaban J connectivity index is 1.43. The highest BCUT2D eigenvalue weighted by Gasteiger charge is 2.19. The first-order valence-electron chi connectivity index (χ1n) is 11.3. The number of thiophene rings is 1. The molecule has 3 aromatic carbocycles. The van der Waals surface area contributed by atoms with Crippen molar-refractivity contribution in [1.29, 1.82) is 0 Å². The SMILES string of the molecule is CCN(CC)c1ccc(-n2nc3cc(C)c(NC(=O)c4sc5cc(Cl)ccc5c4Cl)cc3n2)cc1. The molecule has 5 aromatic rings. The fourth-order valence-corrected chi connectivity index (χ4v) is 5.76. The summed E-state index contributed by atoms with van der Waals surface area (Å²) in [5, 5.41) is 14.1. The van der Waals surface area contributed by atoms with E-state index in [1.807, 2.05) is 43.3 Å². The summed E-state index contributed by atoms with van der Waals surface area (Å²) in [6.07, 6.45) is 0. The number of nitrogens with zero attached hydrogens (tertiary/aromatic N) is 4. The topological polar surface area (TPSA) is 63.1 Å². The summed E-state index contributed by atoms with van der Waals surface area (Å²) in [5.74, 6) is -0.269. The van der Waals surface area contributed by atoms with Gasteiger partial charge in [-0.05, 0) is 74.9 Å². The summed E-state index contributed by atoms with van der Waals surface area (Å²) in [6, 6.07) is 17.4. The number of halogens is 2. The maximum Gasteiger partial charge on any atom is 0.267 e. The van der Waals surface area contributed by atoms with Crippen LogP contribution < -0.4 is 10.2 Å². The van der Waals surface area contributed by atoms with Gasteiger partial charge in [-0.1, -0.05) is 29.3 Å². The van der Waals surface area contributed by atoms with Gasteiger partial charge in [-0.25, -0.2) is 0 Å². The monoisotopic (exact) mass is 523 g/mol. The fraction of sp³-hybridized carbons (Fsp3) is 0.192. The third-order valence-corrected chi connectivity index (χ3v) is 7.87. The predicted molar refractivity (Wildman–Crippen MR) is 147 cm³/mol. The molecular formula is C26H23Cl2N5OS. The molecule has 0 unspecified atom stereocenters. The minimum Gasteiger partial charge on any atom is -0.372 e. The van der Waals surface area contributed by atoms with Crippen molar-refractivity contribution in [1.82, 2.24) is 15.0 Å². The quantitative estimate of drug-likeness (QED) is 0.252. The van der Waals surface area contributed by atoms with Gasteiger partial charge in [-0.3, -0.25) is 4.79 Å². The first-order chi connectivity index (χ1) is 16.9.